The van der Waals surface area contributed by atoms with E-state index in [9.17, 15) is 19.7 Å². The lowest BCUT2D eigenvalue weighted by Gasteiger charge is -2.02. The normalized spacial score (nSPS) is 16.8. The molecule has 1 fully saturated rings. The number of amides is 3. The van der Waals surface area contributed by atoms with E-state index in [4.69, 9.17) is 4.74 Å². The molecule has 0 atom stereocenters. The first-order valence-electron chi connectivity index (χ1n) is 6.44. The Labute approximate surface area is 129 Å². The summed E-state index contributed by atoms with van der Waals surface area (Å²) in [4.78, 5) is 32.4. The Morgan fingerprint density at radius 1 is 1.35 bits per heavy atom. The number of carbonyl (C=O) groups excluding carboxylic acids is 2. The minimum absolute atomic E-state index is 0.0215. The Bertz CT molecular complexity index is 779. The third-order valence-corrected chi connectivity index (χ3v) is 3.00. The third kappa shape index (κ3) is 3.04. The molecule has 2 aliphatic heterocycles. The summed E-state index contributed by atoms with van der Waals surface area (Å²) in [7, 11) is 0. The minimum atomic E-state index is -0.600. The van der Waals surface area contributed by atoms with E-state index in [0.29, 0.717) is 17.1 Å². The molecule has 114 valence electrons. The zero-order chi connectivity index (χ0) is 16.4. The molecule has 0 aromatic heterocycles. The van der Waals surface area contributed by atoms with Crippen molar-refractivity contribution in [2.24, 2.45) is 5.10 Å². The number of nitro benzene ring substituents is 1. The molecular formula is C14H9N4O5+. The summed E-state index contributed by atoms with van der Waals surface area (Å²) in [6.07, 6.45) is 5.64. The van der Waals surface area contributed by atoms with Crippen LogP contribution in [0.4, 0.5) is 10.5 Å². The lowest BCUT2D eigenvalue weighted by Crippen LogP contribution is -2.24. The van der Waals surface area contributed by atoms with Gasteiger partial charge in [-0.1, -0.05) is 0 Å². The van der Waals surface area contributed by atoms with Crippen molar-refractivity contribution >= 4 is 29.6 Å². The Kier molecular flexibility index (Phi) is 3.54. The van der Waals surface area contributed by atoms with Crippen molar-refractivity contribution in [1.82, 2.24) is 10.3 Å². The van der Waals surface area contributed by atoms with E-state index in [1.165, 1.54) is 24.4 Å². The first-order valence-corrected chi connectivity index (χ1v) is 6.44. The molecule has 2 aliphatic rings. The molecule has 1 saturated heterocycles. The van der Waals surface area contributed by atoms with Crippen LogP contribution in [0.15, 0.2) is 41.2 Å². The molecule has 0 bridgehead atoms. The van der Waals surface area contributed by atoms with Gasteiger partial charge < -0.3 is 4.74 Å². The van der Waals surface area contributed by atoms with Gasteiger partial charge in [0, 0.05) is 24.3 Å². The molecule has 2 heterocycles. The van der Waals surface area contributed by atoms with Crippen LogP contribution in [0.25, 0.3) is 5.76 Å². The van der Waals surface area contributed by atoms with Gasteiger partial charge in [-0.2, -0.15) is 5.10 Å². The molecule has 9 nitrogen and oxygen atoms in total. The van der Waals surface area contributed by atoms with Gasteiger partial charge in [-0.15, -0.1) is 0 Å². The zero-order valence-corrected chi connectivity index (χ0v) is 11.6. The molecule has 3 rings (SSSR count). The predicted octanol–water partition coefficient (Wildman–Crippen LogP) is 1.19. The van der Waals surface area contributed by atoms with Crippen molar-refractivity contribution < 1.29 is 19.2 Å². The summed E-state index contributed by atoms with van der Waals surface area (Å²) in [5, 5.41) is 17.5. The summed E-state index contributed by atoms with van der Waals surface area (Å²) < 4.78 is 5.47. The fraction of sp³-hybridized carbons (Fsp3) is 0.0714. The molecular weight excluding hydrogens is 304 g/mol. The van der Waals surface area contributed by atoms with E-state index >= 15 is 0 Å². The van der Waals surface area contributed by atoms with Gasteiger partial charge in [0.25, 0.3) is 11.4 Å². The fourth-order valence-corrected chi connectivity index (χ4v) is 1.90. The van der Waals surface area contributed by atoms with Crippen molar-refractivity contribution in [1.29, 1.82) is 0 Å². The fourth-order valence-electron chi connectivity index (χ4n) is 1.90. The third-order valence-electron chi connectivity index (χ3n) is 3.00. The van der Waals surface area contributed by atoms with Crippen LogP contribution >= 0.6 is 0 Å². The number of nitro groups is 1. The molecule has 1 aromatic carbocycles. The maximum Gasteiger partial charge on any atom is 0.345 e. The van der Waals surface area contributed by atoms with Crippen LogP contribution in [0.2, 0.25) is 0 Å². The Balaban J connectivity index is 1.62. The second kappa shape index (κ2) is 5.66. The SMILES string of the molecule is O=C1CN(/N=C/C2=C[C+]=C(c3ccc([N+](=O)[O-])cc3)O2)C(=O)N1. The Morgan fingerprint density at radius 3 is 2.70 bits per heavy atom. The van der Waals surface area contributed by atoms with E-state index < -0.39 is 16.9 Å². The highest BCUT2D eigenvalue weighted by molar-refractivity contribution is 6.02. The van der Waals surface area contributed by atoms with Gasteiger partial charge >= 0.3 is 11.8 Å². The van der Waals surface area contributed by atoms with Gasteiger partial charge in [-0.05, 0) is 0 Å². The van der Waals surface area contributed by atoms with Crippen molar-refractivity contribution in [3.05, 3.63) is 57.9 Å². The van der Waals surface area contributed by atoms with E-state index in [0.717, 1.165) is 5.01 Å². The Hall–Kier alpha value is -3.58. The largest absolute Gasteiger partial charge is 0.360 e. The first kappa shape index (κ1) is 14.4. The summed E-state index contributed by atoms with van der Waals surface area (Å²) in [5.41, 5.74) is 0.594. The summed E-state index contributed by atoms with van der Waals surface area (Å²) >= 11 is 0. The highest BCUT2D eigenvalue weighted by Gasteiger charge is 2.27. The number of imide groups is 1. The second-order valence-corrected chi connectivity index (χ2v) is 4.58. The van der Waals surface area contributed by atoms with Crippen LogP contribution in [0.3, 0.4) is 0 Å². The van der Waals surface area contributed by atoms with Crippen molar-refractivity contribution in [2.45, 2.75) is 0 Å². The monoisotopic (exact) mass is 313 g/mol. The van der Waals surface area contributed by atoms with Crippen LogP contribution < -0.4 is 5.32 Å². The summed E-state index contributed by atoms with van der Waals surface area (Å²) in [5.74, 6) is 0.276. The number of hydrogen-bond acceptors (Lipinski definition) is 6. The van der Waals surface area contributed by atoms with Gasteiger partial charge in [0.1, 0.15) is 18.3 Å². The lowest BCUT2D eigenvalue weighted by molar-refractivity contribution is -0.384. The van der Waals surface area contributed by atoms with Gasteiger partial charge in [0.05, 0.1) is 11.0 Å². The van der Waals surface area contributed by atoms with Gasteiger partial charge in [0.2, 0.25) is 5.91 Å². The smallest absolute Gasteiger partial charge is 0.345 e. The molecule has 0 aliphatic carbocycles. The number of carbonyl (C=O) groups is 2. The van der Waals surface area contributed by atoms with Gasteiger partial charge in [-0.3, -0.25) is 20.2 Å². The average molecular weight is 313 g/mol. The number of nitrogens with zero attached hydrogens (tertiary/aromatic N) is 3. The van der Waals surface area contributed by atoms with Gasteiger partial charge in [0.15, 0.2) is 6.08 Å². The number of non-ortho nitro benzene ring substituents is 1. The number of hydrogen-bond donors (Lipinski definition) is 1. The standard InChI is InChI=1S/C14H8N4O5/c19-13-8-17(14(20)16-13)15-7-11-5-6-12(23-11)9-1-3-10(4-2-9)18(21)22/h1-5,7H,8H2/p+1/b15-7+. The van der Waals surface area contributed by atoms with Crippen LogP contribution in [0, 0.1) is 16.2 Å². The highest BCUT2D eigenvalue weighted by atomic mass is 16.6. The van der Waals surface area contributed by atoms with Crippen molar-refractivity contribution in [2.75, 3.05) is 6.54 Å². The molecule has 9 heteroatoms. The van der Waals surface area contributed by atoms with Crippen LogP contribution in [0.5, 0.6) is 0 Å². The van der Waals surface area contributed by atoms with Crippen molar-refractivity contribution in [3.8, 4) is 0 Å². The molecule has 0 spiro atoms. The maximum absolute atomic E-state index is 11.3. The molecule has 3 amide bonds. The highest BCUT2D eigenvalue weighted by Crippen LogP contribution is 2.25. The number of hydrazone groups is 1. The molecule has 0 radical (unpaired) electrons. The molecule has 1 N–H and O–H groups in total. The number of benzene rings is 1. The average Bonchev–Trinajstić information content (AvgIpc) is 3.11. The van der Waals surface area contributed by atoms with E-state index in [1.807, 2.05) is 0 Å². The zero-order valence-electron chi connectivity index (χ0n) is 11.6. The summed E-state index contributed by atoms with van der Waals surface area (Å²) in [6, 6.07) is 5.21. The second-order valence-electron chi connectivity index (χ2n) is 4.58. The summed E-state index contributed by atoms with van der Waals surface area (Å²) in [6.45, 7) is -0.144. The predicted molar refractivity (Wildman–Crippen MR) is 77.7 cm³/mol. The number of allylic oxidation sites excluding steroid dienone is 3. The molecule has 1 aromatic rings. The van der Waals surface area contributed by atoms with Crippen LogP contribution in [0.1, 0.15) is 5.56 Å². The molecule has 0 saturated carbocycles. The van der Waals surface area contributed by atoms with Crippen LogP contribution in [-0.2, 0) is 9.53 Å². The minimum Gasteiger partial charge on any atom is -0.360 e. The first-order chi connectivity index (χ1) is 11.0. The molecule has 23 heavy (non-hydrogen) atoms. The maximum atomic E-state index is 11.3. The van der Waals surface area contributed by atoms with E-state index in [1.54, 1.807) is 12.1 Å². The lowest BCUT2D eigenvalue weighted by atomic mass is 10.1. The Morgan fingerprint density at radius 2 is 2.09 bits per heavy atom. The number of urea groups is 1. The van der Waals surface area contributed by atoms with Crippen molar-refractivity contribution in [3.63, 3.8) is 0 Å². The van der Waals surface area contributed by atoms with Gasteiger partial charge in [-0.25, -0.2) is 9.80 Å². The topological polar surface area (TPSA) is 114 Å². The molecule has 0 unspecified atom stereocenters. The van der Waals surface area contributed by atoms with Crippen LogP contribution in [-0.4, -0.2) is 34.6 Å². The van der Waals surface area contributed by atoms with E-state index in [2.05, 4.69) is 16.5 Å². The number of rotatable bonds is 4. The van der Waals surface area contributed by atoms with E-state index in [-0.39, 0.29) is 12.2 Å². The number of ether oxygens (including phenoxy) is 1. The number of nitrogens with one attached hydrogen (secondary N) is 1. The quantitative estimate of drug-likeness (QED) is 0.295.